The number of carbonyl (C=O) groups is 1. The van der Waals surface area contributed by atoms with Crippen molar-refractivity contribution in [1.29, 1.82) is 0 Å². The van der Waals surface area contributed by atoms with E-state index in [1.165, 1.54) is 15.8 Å². The number of aryl methyl sites for hydroxylation is 3. The molecule has 0 radical (unpaired) electrons. The quantitative estimate of drug-likeness (QED) is 0.718. The van der Waals surface area contributed by atoms with Gasteiger partial charge in [-0.25, -0.2) is 0 Å². The summed E-state index contributed by atoms with van der Waals surface area (Å²) in [6, 6.07) is 9.44. The predicted octanol–water partition coefficient (Wildman–Crippen LogP) is 2.53. The summed E-state index contributed by atoms with van der Waals surface area (Å²) in [4.78, 5) is 29.1. The van der Waals surface area contributed by atoms with Crippen molar-refractivity contribution in [2.24, 2.45) is 7.05 Å². The summed E-state index contributed by atoms with van der Waals surface area (Å²) in [6.07, 6.45) is 6.55. The molecule has 0 bridgehead atoms. The van der Waals surface area contributed by atoms with E-state index in [1.807, 2.05) is 12.1 Å². The lowest BCUT2D eigenvalue weighted by Gasteiger charge is -2.07. The molecular formula is C20H19N3O3. The Labute approximate surface area is 150 Å². The number of carbonyl (C=O) groups excluding carboxylic acids is 1. The lowest BCUT2D eigenvalue weighted by Crippen LogP contribution is -2.22. The molecule has 0 fully saturated rings. The lowest BCUT2D eigenvalue weighted by atomic mass is 10.1. The van der Waals surface area contributed by atoms with Crippen LogP contribution in [0.4, 0.5) is 0 Å². The van der Waals surface area contributed by atoms with Crippen molar-refractivity contribution < 1.29 is 9.53 Å². The van der Waals surface area contributed by atoms with Crippen LogP contribution in [0.2, 0.25) is 0 Å². The second-order valence-electron chi connectivity index (χ2n) is 6.46. The summed E-state index contributed by atoms with van der Waals surface area (Å²) < 4.78 is 6.98. The number of ketones is 1. The number of aromatic nitrogens is 3. The number of nitrogens with zero attached hydrogens (tertiary/aromatic N) is 2. The van der Waals surface area contributed by atoms with Gasteiger partial charge in [-0.05, 0) is 54.7 Å². The zero-order chi connectivity index (χ0) is 18.1. The maximum Gasteiger partial charge on any atom is 0.277 e. The van der Waals surface area contributed by atoms with E-state index in [-0.39, 0.29) is 23.5 Å². The zero-order valence-electron chi connectivity index (χ0n) is 14.5. The molecule has 0 atom stereocenters. The fourth-order valence-electron chi connectivity index (χ4n) is 3.39. The van der Waals surface area contributed by atoms with Gasteiger partial charge in [0.25, 0.3) is 5.56 Å². The van der Waals surface area contributed by atoms with Crippen LogP contribution in [0, 0.1) is 0 Å². The number of ether oxygens (including phenoxy) is 1. The molecule has 2 heterocycles. The third kappa shape index (κ3) is 2.94. The van der Waals surface area contributed by atoms with Gasteiger partial charge in [0.05, 0.1) is 5.69 Å². The van der Waals surface area contributed by atoms with E-state index >= 15 is 0 Å². The molecule has 0 saturated carbocycles. The van der Waals surface area contributed by atoms with E-state index in [1.54, 1.807) is 31.6 Å². The van der Waals surface area contributed by atoms with Gasteiger partial charge in [-0.3, -0.25) is 24.4 Å². The molecule has 0 unspecified atom stereocenters. The van der Waals surface area contributed by atoms with Crippen LogP contribution in [0.25, 0.3) is 11.3 Å². The predicted molar refractivity (Wildman–Crippen MR) is 97.6 cm³/mol. The van der Waals surface area contributed by atoms with Crippen molar-refractivity contribution in [3.8, 4) is 17.0 Å². The van der Waals surface area contributed by atoms with Crippen LogP contribution in [-0.4, -0.2) is 27.2 Å². The van der Waals surface area contributed by atoms with Crippen LogP contribution in [0.1, 0.15) is 27.9 Å². The van der Waals surface area contributed by atoms with Crippen LogP contribution in [-0.2, 0) is 19.9 Å². The van der Waals surface area contributed by atoms with Crippen LogP contribution in [0.5, 0.6) is 5.75 Å². The summed E-state index contributed by atoms with van der Waals surface area (Å²) >= 11 is 0. The van der Waals surface area contributed by atoms with Gasteiger partial charge in [-0.2, -0.15) is 0 Å². The molecule has 0 aliphatic heterocycles. The Morgan fingerprint density at radius 1 is 1.19 bits per heavy atom. The van der Waals surface area contributed by atoms with Gasteiger partial charge in [-0.1, -0.05) is 6.07 Å². The number of rotatable bonds is 5. The zero-order valence-corrected chi connectivity index (χ0v) is 14.5. The standard InChI is InChI=1S/C20H19N3O3/c1-23-20(25)18(19(22-23)14-7-9-21-10-8-14)17(24)12-26-16-6-5-13-3-2-4-15(13)11-16/h5-11,22H,2-4,12H2,1H3. The smallest absolute Gasteiger partial charge is 0.277 e. The Balaban J connectivity index is 1.58. The number of pyridine rings is 1. The van der Waals surface area contributed by atoms with E-state index in [4.69, 9.17) is 4.74 Å². The molecule has 1 N–H and O–H groups in total. The topological polar surface area (TPSA) is 77.0 Å². The summed E-state index contributed by atoms with van der Waals surface area (Å²) in [5.41, 5.74) is 3.60. The minimum atomic E-state index is -0.362. The van der Waals surface area contributed by atoms with E-state index in [2.05, 4.69) is 16.1 Å². The fourth-order valence-corrected chi connectivity index (χ4v) is 3.39. The molecule has 3 aromatic rings. The van der Waals surface area contributed by atoms with Crippen LogP contribution < -0.4 is 10.3 Å². The average Bonchev–Trinajstić information content (AvgIpc) is 3.25. The van der Waals surface area contributed by atoms with Crippen molar-refractivity contribution >= 4 is 5.78 Å². The van der Waals surface area contributed by atoms with Gasteiger partial charge in [0.15, 0.2) is 6.61 Å². The summed E-state index contributed by atoms with van der Waals surface area (Å²) in [5.74, 6) is 0.316. The first-order valence-corrected chi connectivity index (χ1v) is 8.60. The number of hydrogen-bond acceptors (Lipinski definition) is 4. The minimum Gasteiger partial charge on any atom is -0.485 e. The number of H-pyrrole nitrogens is 1. The van der Waals surface area contributed by atoms with Gasteiger partial charge < -0.3 is 4.74 Å². The Morgan fingerprint density at radius 3 is 2.77 bits per heavy atom. The molecule has 0 spiro atoms. The molecule has 1 aromatic carbocycles. The second-order valence-corrected chi connectivity index (χ2v) is 6.46. The van der Waals surface area contributed by atoms with E-state index in [0.717, 1.165) is 24.8 Å². The van der Waals surface area contributed by atoms with Gasteiger partial charge in [0, 0.05) is 25.0 Å². The number of hydrogen-bond donors (Lipinski definition) is 1. The Hall–Kier alpha value is -3.15. The molecule has 1 aliphatic rings. The molecule has 6 nitrogen and oxygen atoms in total. The summed E-state index contributed by atoms with van der Waals surface area (Å²) in [5, 5.41) is 2.94. The third-order valence-corrected chi connectivity index (χ3v) is 4.74. The molecule has 6 heteroatoms. The summed E-state index contributed by atoms with van der Waals surface area (Å²) in [6.45, 7) is -0.177. The van der Waals surface area contributed by atoms with Crippen molar-refractivity contribution in [2.45, 2.75) is 19.3 Å². The first-order valence-electron chi connectivity index (χ1n) is 8.60. The number of fused-ring (bicyclic) bond motifs is 1. The maximum absolute atomic E-state index is 12.7. The van der Waals surface area contributed by atoms with Gasteiger partial charge in [0.1, 0.15) is 11.3 Å². The molecule has 0 amide bonds. The summed E-state index contributed by atoms with van der Waals surface area (Å²) in [7, 11) is 1.59. The molecule has 4 rings (SSSR count). The van der Waals surface area contributed by atoms with E-state index < -0.39 is 0 Å². The van der Waals surface area contributed by atoms with Crippen LogP contribution >= 0.6 is 0 Å². The first-order chi connectivity index (χ1) is 12.6. The highest BCUT2D eigenvalue weighted by Crippen LogP contribution is 2.26. The Kier molecular flexibility index (Phi) is 4.16. The second kappa shape index (κ2) is 6.63. The van der Waals surface area contributed by atoms with Gasteiger partial charge >= 0.3 is 0 Å². The molecule has 26 heavy (non-hydrogen) atoms. The van der Waals surface area contributed by atoms with E-state index in [0.29, 0.717) is 11.4 Å². The van der Waals surface area contributed by atoms with Crippen molar-refractivity contribution in [2.75, 3.05) is 6.61 Å². The Morgan fingerprint density at radius 2 is 1.96 bits per heavy atom. The molecule has 1 aliphatic carbocycles. The van der Waals surface area contributed by atoms with Gasteiger partial charge in [-0.15, -0.1) is 0 Å². The Bertz CT molecular complexity index is 1020. The van der Waals surface area contributed by atoms with Gasteiger partial charge in [0.2, 0.25) is 5.78 Å². The van der Waals surface area contributed by atoms with Crippen molar-refractivity contribution in [1.82, 2.24) is 14.8 Å². The SMILES string of the molecule is Cn1[nH]c(-c2ccncc2)c(C(=O)COc2ccc3c(c2)CCC3)c1=O. The number of benzene rings is 1. The normalized spacial score (nSPS) is 12.8. The minimum absolute atomic E-state index is 0.111. The van der Waals surface area contributed by atoms with Crippen molar-refractivity contribution in [3.63, 3.8) is 0 Å². The highest BCUT2D eigenvalue weighted by atomic mass is 16.5. The third-order valence-electron chi connectivity index (χ3n) is 4.74. The molecular weight excluding hydrogens is 330 g/mol. The van der Waals surface area contributed by atoms with Crippen LogP contribution in [0.15, 0.2) is 47.5 Å². The number of Topliss-reactive ketones (excluding diaryl/α,β-unsaturated/α-hetero) is 1. The number of aromatic amines is 1. The highest BCUT2D eigenvalue weighted by molar-refractivity contribution is 6.02. The molecule has 0 saturated heterocycles. The lowest BCUT2D eigenvalue weighted by molar-refractivity contribution is 0.0921. The van der Waals surface area contributed by atoms with Crippen molar-refractivity contribution in [3.05, 3.63) is 69.8 Å². The average molecular weight is 349 g/mol. The van der Waals surface area contributed by atoms with E-state index in [9.17, 15) is 9.59 Å². The maximum atomic E-state index is 12.7. The molecule has 2 aromatic heterocycles. The number of nitrogens with one attached hydrogen (secondary N) is 1. The van der Waals surface area contributed by atoms with Crippen LogP contribution in [0.3, 0.4) is 0 Å². The molecule has 132 valence electrons. The fraction of sp³-hybridized carbons (Fsp3) is 0.250. The first kappa shape index (κ1) is 16.3. The largest absolute Gasteiger partial charge is 0.485 e. The monoisotopic (exact) mass is 349 g/mol. The highest BCUT2D eigenvalue weighted by Gasteiger charge is 2.22.